The fourth-order valence-corrected chi connectivity index (χ4v) is 2.49. The van der Waals surface area contributed by atoms with E-state index in [0.29, 0.717) is 5.92 Å². The molecular formula is C14H23NO2S. The first-order valence-electron chi connectivity index (χ1n) is 6.34. The quantitative estimate of drug-likeness (QED) is 0.823. The van der Waals surface area contributed by atoms with Gasteiger partial charge in [-0.3, -0.25) is 4.31 Å². The number of hydrogen-bond donors (Lipinski definition) is 0. The molecule has 4 heteroatoms. The van der Waals surface area contributed by atoms with E-state index < -0.39 is 10.0 Å². The molecule has 0 unspecified atom stereocenters. The Bertz CT molecular complexity index is 507. The highest BCUT2D eigenvalue weighted by Gasteiger charge is 2.17. The van der Waals surface area contributed by atoms with Crippen LogP contribution in [0, 0.1) is 0 Å². The summed E-state index contributed by atoms with van der Waals surface area (Å²) >= 11 is 0. The Labute approximate surface area is 111 Å². The van der Waals surface area contributed by atoms with Gasteiger partial charge in [-0.25, -0.2) is 8.42 Å². The van der Waals surface area contributed by atoms with Crippen LogP contribution in [0.25, 0.3) is 0 Å². The Hall–Kier alpha value is -1.03. The third kappa shape index (κ3) is 3.48. The second kappa shape index (κ2) is 5.74. The molecule has 0 atom stereocenters. The first-order valence-corrected chi connectivity index (χ1v) is 8.19. The normalized spacial score (nSPS) is 11.9. The zero-order chi connectivity index (χ0) is 13.9. The predicted molar refractivity (Wildman–Crippen MR) is 77.8 cm³/mol. The number of sulfonamides is 1. The predicted octanol–water partition coefficient (Wildman–Crippen LogP) is 3.16. The first kappa shape index (κ1) is 15.0. The fraction of sp³-hybridized carbons (Fsp3) is 0.571. The van der Waals surface area contributed by atoms with Gasteiger partial charge in [0.05, 0.1) is 11.9 Å². The topological polar surface area (TPSA) is 37.4 Å². The molecule has 0 amide bonds. The smallest absolute Gasteiger partial charge is 0.232 e. The van der Waals surface area contributed by atoms with E-state index in [4.69, 9.17) is 0 Å². The number of nitrogens with zero attached hydrogens (tertiary/aromatic N) is 1. The van der Waals surface area contributed by atoms with Gasteiger partial charge >= 0.3 is 0 Å². The zero-order valence-electron chi connectivity index (χ0n) is 11.9. The van der Waals surface area contributed by atoms with Crippen LogP contribution in [0.2, 0.25) is 0 Å². The van der Waals surface area contributed by atoms with E-state index in [9.17, 15) is 8.42 Å². The van der Waals surface area contributed by atoms with Gasteiger partial charge in [0, 0.05) is 7.05 Å². The van der Waals surface area contributed by atoms with E-state index in [1.807, 2.05) is 12.1 Å². The van der Waals surface area contributed by atoms with Crippen molar-refractivity contribution in [2.75, 3.05) is 17.6 Å². The SMILES string of the molecule is CCCc1ccc(C(C)C)c(N(C)S(C)(=O)=O)c1. The highest BCUT2D eigenvalue weighted by Crippen LogP contribution is 2.29. The minimum atomic E-state index is -3.21. The highest BCUT2D eigenvalue weighted by atomic mass is 32.2. The third-order valence-corrected chi connectivity index (χ3v) is 4.28. The summed E-state index contributed by atoms with van der Waals surface area (Å²) in [5, 5.41) is 0. The van der Waals surface area contributed by atoms with E-state index in [0.717, 1.165) is 24.1 Å². The Morgan fingerprint density at radius 2 is 1.89 bits per heavy atom. The third-order valence-electron chi connectivity index (χ3n) is 3.09. The Kier molecular flexibility index (Phi) is 4.79. The molecule has 102 valence electrons. The second-order valence-electron chi connectivity index (χ2n) is 5.03. The lowest BCUT2D eigenvalue weighted by molar-refractivity contribution is 0.600. The summed E-state index contributed by atoms with van der Waals surface area (Å²) in [5.41, 5.74) is 3.06. The molecule has 0 saturated heterocycles. The molecule has 0 fully saturated rings. The van der Waals surface area contributed by atoms with Crippen molar-refractivity contribution in [1.82, 2.24) is 0 Å². The summed E-state index contributed by atoms with van der Waals surface area (Å²) in [6, 6.07) is 6.14. The fourth-order valence-electron chi connectivity index (χ4n) is 1.97. The molecular weight excluding hydrogens is 246 g/mol. The van der Waals surface area contributed by atoms with Crippen LogP contribution in [0.4, 0.5) is 5.69 Å². The molecule has 0 aromatic heterocycles. The van der Waals surface area contributed by atoms with E-state index in [2.05, 4.69) is 26.8 Å². The minimum Gasteiger partial charge on any atom is -0.273 e. The van der Waals surface area contributed by atoms with Crippen LogP contribution in [-0.4, -0.2) is 21.7 Å². The lowest BCUT2D eigenvalue weighted by atomic mass is 9.98. The number of rotatable bonds is 5. The molecule has 1 aromatic rings. The minimum absolute atomic E-state index is 0.305. The molecule has 1 rings (SSSR count). The van der Waals surface area contributed by atoms with E-state index in [-0.39, 0.29) is 0 Å². The van der Waals surface area contributed by atoms with Gasteiger partial charge in [-0.15, -0.1) is 0 Å². The van der Waals surface area contributed by atoms with Gasteiger partial charge in [0.15, 0.2) is 0 Å². The van der Waals surface area contributed by atoms with E-state index >= 15 is 0 Å². The molecule has 0 aliphatic heterocycles. The number of aryl methyl sites for hydroxylation is 1. The van der Waals surface area contributed by atoms with Crippen LogP contribution in [0.1, 0.15) is 44.2 Å². The van der Waals surface area contributed by atoms with Crippen molar-refractivity contribution in [3.05, 3.63) is 29.3 Å². The maximum atomic E-state index is 11.7. The van der Waals surface area contributed by atoms with Gasteiger partial charge in [0.25, 0.3) is 0 Å². The lowest BCUT2D eigenvalue weighted by Gasteiger charge is -2.23. The van der Waals surface area contributed by atoms with Crippen molar-refractivity contribution in [2.45, 2.75) is 39.5 Å². The molecule has 0 spiro atoms. The standard InChI is InChI=1S/C14H23NO2S/c1-6-7-12-8-9-13(11(2)3)14(10-12)15(4)18(5,16)17/h8-11H,6-7H2,1-5H3. The van der Waals surface area contributed by atoms with Crippen LogP contribution >= 0.6 is 0 Å². The molecule has 0 radical (unpaired) electrons. The lowest BCUT2D eigenvalue weighted by Crippen LogP contribution is -2.26. The van der Waals surface area contributed by atoms with Crippen LogP contribution in [0.3, 0.4) is 0 Å². The number of benzene rings is 1. The van der Waals surface area contributed by atoms with Crippen LogP contribution < -0.4 is 4.31 Å². The van der Waals surface area contributed by atoms with Crippen LogP contribution in [0.5, 0.6) is 0 Å². The summed E-state index contributed by atoms with van der Waals surface area (Å²) in [7, 11) is -1.59. The monoisotopic (exact) mass is 269 g/mol. The summed E-state index contributed by atoms with van der Waals surface area (Å²) in [4.78, 5) is 0. The Balaban J connectivity index is 3.32. The zero-order valence-corrected chi connectivity index (χ0v) is 12.7. The first-order chi connectivity index (χ1) is 8.27. The summed E-state index contributed by atoms with van der Waals surface area (Å²) in [5.74, 6) is 0.305. The molecule has 0 heterocycles. The highest BCUT2D eigenvalue weighted by molar-refractivity contribution is 7.92. The molecule has 0 N–H and O–H groups in total. The maximum Gasteiger partial charge on any atom is 0.232 e. The maximum absolute atomic E-state index is 11.7. The van der Waals surface area contributed by atoms with Crippen LogP contribution in [0.15, 0.2) is 18.2 Å². The van der Waals surface area contributed by atoms with Gasteiger partial charge in [-0.2, -0.15) is 0 Å². The van der Waals surface area contributed by atoms with Crippen LogP contribution in [-0.2, 0) is 16.4 Å². The number of anilines is 1. The van der Waals surface area contributed by atoms with Gasteiger partial charge in [-0.1, -0.05) is 39.3 Å². The van der Waals surface area contributed by atoms with Crippen molar-refractivity contribution in [1.29, 1.82) is 0 Å². The summed E-state index contributed by atoms with van der Waals surface area (Å²) in [6.07, 6.45) is 3.27. The average molecular weight is 269 g/mol. The van der Waals surface area contributed by atoms with Gasteiger partial charge in [-0.05, 0) is 29.5 Å². The molecule has 3 nitrogen and oxygen atoms in total. The van der Waals surface area contributed by atoms with E-state index in [1.165, 1.54) is 16.1 Å². The molecule has 0 aliphatic rings. The Morgan fingerprint density at radius 3 is 2.33 bits per heavy atom. The molecule has 0 aliphatic carbocycles. The van der Waals surface area contributed by atoms with Gasteiger partial charge in [0.1, 0.15) is 0 Å². The average Bonchev–Trinajstić information content (AvgIpc) is 2.26. The van der Waals surface area contributed by atoms with Crippen molar-refractivity contribution < 1.29 is 8.42 Å². The van der Waals surface area contributed by atoms with Crippen molar-refractivity contribution >= 4 is 15.7 Å². The van der Waals surface area contributed by atoms with Gasteiger partial charge in [0.2, 0.25) is 10.0 Å². The van der Waals surface area contributed by atoms with Gasteiger partial charge < -0.3 is 0 Å². The van der Waals surface area contributed by atoms with E-state index in [1.54, 1.807) is 7.05 Å². The van der Waals surface area contributed by atoms with Crippen molar-refractivity contribution in [2.24, 2.45) is 0 Å². The molecule has 0 saturated carbocycles. The molecule has 1 aromatic carbocycles. The summed E-state index contributed by atoms with van der Waals surface area (Å²) < 4.78 is 24.8. The molecule has 0 bridgehead atoms. The van der Waals surface area contributed by atoms with Crippen molar-refractivity contribution in [3.63, 3.8) is 0 Å². The summed E-state index contributed by atoms with van der Waals surface area (Å²) in [6.45, 7) is 6.28. The molecule has 18 heavy (non-hydrogen) atoms. The largest absolute Gasteiger partial charge is 0.273 e. The second-order valence-corrected chi connectivity index (χ2v) is 7.04. The Morgan fingerprint density at radius 1 is 1.28 bits per heavy atom. The number of hydrogen-bond acceptors (Lipinski definition) is 2. The van der Waals surface area contributed by atoms with Crippen molar-refractivity contribution in [3.8, 4) is 0 Å².